The van der Waals surface area contributed by atoms with Gasteiger partial charge in [0, 0.05) is 19.6 Å². The molecule has 1 heterocycles. The summed E-state index contributed by atoms with van der Waals surface area (Å²) in [5, 5.41) is 10.1. The minimum absolute atomic E-state index is 0.0215. The smallest absolute Gasteiger partial charge is 0.242 e. The summed E-state index contributed by atoms with van der Waals surface area (Å²) in [6.07, 6.45) is 3.66. The van der Waals surface area contributed by atoms with Crippen LogP contribution in [0.2, 0.25) is 0 Å². The second kappa shape index (κ2) is 7.95. The van der Waals surface area contributed by atoms with E-state index >= 15 is 0 Å². The van der Waals surface area contributed by atoms with E-state index in [2.05, 4.69) is 0 Å². The van der Waals surface area contributed by atoms with Crippen LogP contribution in [-0.4, -0.2) is 52.9 Å². The molecule has 0 aromatic heterocycles. The molecule has 6 heteroatoms. The molecule has 1 aliphatic heterocycles. The molecule has 3 rings (SSSR count). The van der Waals surface area contributed by atoms with E-state index in [9.17, 15) is 19.1 Å². The van der Waals surface area contributed by atoms with Crippen LogP contribution >= 0.6 is 0 Å². The molecule has 25 heavy (non-hydrogen) atoms. The van der Waals surface area contributed by atoms with Gasteiger partial charge in [-0.05, 0) is 36.5 Å². The summed E-state index contributed by atoms with van der Waals surface area (Å²) in [5.41, 5.74) is 0.375. The van der Waals surface area contributed by atoms with Gasteiger partial charge in [-0.25, -0.2) is 4.39 Å². The summed E-state index contributed by atoms with van der Waals surface area (Å²) in [4.78, 5) is 28.0. The van der Waals surface area contributed by atoms with Gasteiger partial charge in [0.1, 0.15) is 5.82 Å². The molecule has 136 valence electrons. The Labute approximate surface area is 147 Å². The van der Waals surface area contributed by atoms with Crippen LogP contribution in [0.15, 0.2) is 24.3 Å². The molecule has 0 bridgehead atoms. The molecular weight excluding hydrogens is 323 g/mol. The fraction of sp³-hybridized carbons (Fsp3) is 0.579. The van der Waals surface area contributed by atoms with Gasteiger partial charge in [0.25, 0.3) is 0 Å². The molecule has 2 amide bonds. The summed E-state index contributed by atoms with van der Waals surface area (Å²) in [6, 6.07) is 5.61. The molecular formula is C19H25FN2O3. The molecule has 1 unspecified atom stereocenters. The molecule has 1 N–H and O–H groups in total. The van der Waals surface area contributed by atoms with Crippen LogP contribution in [-0.2, 0) is 9.59 Å². The van der Waals surface area contributed by atoms with E-state index in [1.54, 1.807) is 6.07 Å². The van der Waals surface area contributed by atoms with Crippen molar-refractivity contribution in [1.29, 1.82) is 0 Å². The summed E-state index contributed by atoms with van der Waals surface area (Å²) < 4.78 is 13.2. The Morgan fingerprint density at radius 1 is 1.28 bits per heavy atom. The predicted octanol–water partition coefficient (Wildman–Crippen LogP) is 2.11. The third-order valence-corrected chi connectivity index (χ3v) is 5.23. The van der Waals surface area contributed by atoms with Crippen molar-refractivity contribution in [3.05, 3.63) is 35.6 Å². The number of piperazine rings is 1. The number of nitrogens with zero attached hydrogens (tertiary/aromatic N) is 2. The number of carbonyl (C=O) groups excluding carboxylic acids is 2. The van der Waals surface area contributed by atoms with Gasteiger partial charge in [-0.15, -0.1) is 0 Å². The highest BCUT2D eigenvalue weighted by Crippen LogP contribution is 2.26. The summed E-state index contributed by atoms with van der Waals surface area (Å²) >= 11 is 0. The number of hydrogen-bond acceptors (Lipinski definition) is 3. The largest absolute Gasteiger partial charge is 0.388 e. The van der Waals surface area contributed by atoms with E-state index < -0.39 is 11.9 Å². The lowest BCUT2D eigenvalue weighted by molar-refractivity contribution is -0.146. The van der Waals surface area contributed by atoms with Crippen molar-refractivity contribution in [2.24, 2.45) is 5.92 Å². The maximum atomic E-state index is 13.2. The molecule has 1 atom stereocenters. The summed E-state index contributed by atoms with van der Waals surface area (Å²) in [6.45, 7) is 1.92. The lowest BCUT2D eigenvalue weighted by Gasteiger charge is -2.36. The van der Waals surface area contributed by atoms with Gasteiger partial charge in [-0.1, -0.05) is 25.0 Å². The Balaban J connectivity index is 1.51. The number of hydrogen-bond donors (Lipinski definition) is 1. The number of aliphatic hydroxyl groups excluding tert-OH is 1. The fourth-order valence-electron chi connectivity index (χ4n) is 3.75. The first kappa shape index (κ1) is 17.9. The fourth-order valence-corrected chi connectivity index (χ4v) is 3.75. The Kier molecular flexibility index (Phi) is 5.68. The van der Waals surface area contributed by atoms with Crippen molar-refractivity contribution >= 4 is 11.8 Å². The van der Waals surface area contributed by atoms with Crippen LogP contribution in [0.5, 0.6) is 0 Å². The molecule has 5 nitrogen and oxygen atoms in total. The first-order valence-corrected chi connectivity index (χ1v) is 9.02. The summed E-state index contributed by atoms with van der Waals surface area (Å²) in [5.74, 6) is -0.141. The van der Waals surface area contributed by atoms with Crippen LogP contribution in [0, 0.1) is 11.7 Å². The van der Waals surface area contributed by atoms with Crippen molar-refractivity contribution < 1.29 is 19.1 Å². The predicted molar refractivity (Wildman–Crippen MR) is 91.1 cm³/mol. The molecule has 2 aliphatic rings. The van der Waals surface area contributed by atoms with Gasteiger partial charge in [0.05, 0.1) is 19.1 Å². The van der Waals surface area contributed by atoms with Crippen LogP contribution in [0.3, 0.4) is 0 Å². The highest BCUT2D eigenvalue weighted by molar-refractivity contribution is 5.86. The Hall–Kier alpha value is -1.95. The van der Waals surface area contributed by atoms with Gasteiger partial charge >= 0.3 is 0 Å². The molecule has 1 aliphatic carbocycles. The third-order valence-electron chi connectivity index (χ3n) is 5.23. The minimum Gasteiger partial charge on any atom is -0.388 e. The van der Waals surface area contributed by atoms with Gasteiger partial charge < -0.3 is 14.9 Å². The number of amides is 2. The average molecular weight is 348 g/mol. The summed E-state index contributed by atoms with van der Waals surface area (Å²) in [7, 11) is 0. The standard InChI is InChI=1S/C19H25FN2O3/c20-16-7-3-6-15(10-16)17(23)11-18(24)22-9-8-21(19(25)13-22)12-14-4-1-2-5-14/h3,6-7,10,14,17,23H,1-2,4-5,8-9,11-13H2. The number of carbonyl (C=O) groups is 2. The number of benzene rings is 1. The Bertz CT molecular complexity index is 631. The lowest BCUT2D eigenvalue weighted by Crippen LogP contribution is -2.53. The van der Waals surface area contributed by atoms with E-state index in [-0.39, 0.29) is 24.8 Å². The van der Waals surface area contributed by atoms with E-state index in [4.69, 9.17) is 0 Å². The number of rotatable bonds is 5. The SMILES string of the molecule is O=C(CC(O)c1cccc(F)c1)N1CCN(CC2CCCC2)C(=O)C1. The van der Waals surface area contributed by atoms with Crippen molar-refractivity contribution in [2.75, 3.05) is 26.2 Å². The monoisotopic (exact) mass is 348 g/mol. The van der Waals surface area contributed by atoms with Crippen LogP contribution < -0.4 is 0 Å². The van der Waals surface area contributed by atoms with Gasteiger partial charge in [-0.2, -0.15) is 0 Å². The topological polar surface area (TPSA) is 60.9 Å². The van der Waals surface area contributed by atoms with E-state index in [1.165, 1.54) is 48.8 Å². The molecule has 2 fully saturated rings. The van der Waals surface area contributed by atoms with E-state index in [0.29, 0.717) is 24.6 Å². The molecule has 1 saturated carbocycles. The Morgan fingerprint density at radius 2 is 2.04 bits per heavy atom. The maximum absolute atomic E-state index is 13.2. The molecule has 1 saturated heterocycles. The van der Waals surface area contributed by atoms with Crippen LogP contribution in [0.1, 0.15) is 43.8 Å². The van der Waals surface area contributed by atoms with Gasteiger partial charge in [0.2, 0.25) is 11.8 Å². The molecule has 1 aromatic carbocycles. The van der Waals surface area contributed by atoms with Crippen molar-refractivity contribution in [3.63, 3.8) is 0 Å². The first-order chi connectivity index (χ1) is 12.0. The van der Waals surface area contributed by atoms with Crippen molar-refractivity contribution in [3.8, 4) is 0 Å². The third kappa shape index (κ3) is 4.57. The molecule has 0 radical (unpaired) electrons. The first-order valence-electron chi connectivity index (χ1n) is 9.02. The zero-order valence-electron chi connectivity index (χ0n) is 14.4. The number of aliphatic hydroxyl groups is 1. The quantitative estimate of drug-likeness (QED) is 0.887. The highest BCUT2D eigenvalue weighted by Gasteiger charge is 2.30. The van der Waals surface area contributed by atoms with Crippen LogP contribution in [0.4, 0.5) is 4.39 Å². The lowest BCUT2D eigenvalue weighted by atomic mass is 10.1. The zero-order chi connectivity index (χ0) is 17.8. The molecule has 1 aromatic rings. The second-order valence-corrected chi connectivity index (χ2v) is 7.08. The average Bonchev–Trinajstić information content (AvgIpc) is 3.09. The Morgan fingerprint density at radius 3 is 2.72 bits per heavy atom. The normalized spacial score (nSPS) is 20.2. The van der Waals surface area contributed by atoms with Crippen molar-refractivity contribution in [1.82, 2.24) is 9.80 Å². The van der Waals surface area contributed by atoms with Gasteiger partial charge in [0.15, 0.2) is 0 Å². The second-order valence-electron chi connectivity index (χ2n) is 7.08. The van der Waals surface area contributed by atoms with Gasteiger partial charge in [-0.3, -0.25) is 9.59 Å². The minimum atomic E-state index is -1.06. The van der Waals surface area contributed by atoms with E-state index in [1.807, 2.05) is 4.90 Å². The maximum Gasteiger partial charge on any atom is 0.242 e. The molecule has 0 spiro atoms. The van der Waals surface area contributed by atoms with E-state index in [0.717, 1.165) is 6.54 Å². The highest BCUT2D eigenvalue weighted by atomic mass is 19.1. The van der Waals surface area contributed by atoms with Crippen molar-refractivity contribution in [2.45, 2.75) is 38.2 Å². The van der Waals surface area contributed by atoms with Crippen LogP contribution in [0.25, 0.3) is 0 Å². The zero-order valence-corrected chi connectivity index (χ0v) is 14.4. The number of halogens is 1.